The van der Waals surface area contributed by atoms with Gasteiger partial charge in [-0.25, -0.2) is 9.13 Å². The quantitative estimate of drug-likeness (QED) is 0.328. The molecular weight excluding hydrogens is 273 g/mol. The summed E-state index contributed by atoms with van der Waals surface area (Å²) in [6, 6.07) is 5.55. The maximum absolute atomic E-state index is 11.4. The molecule has 19 heavy (non-hydrogen) atoms. The Kier molecular flexibility index (Phi) is 6.66. The Morgan fingerprint density at radius 3 is 2.42 bits per heavy atom. The maximum atomic E-state index is 11.4. The molecule has 0 aliphatic heterocycles. The van der Waals surface area contributed by atoms with Crippen LogP contribution in [-0.2, 0) is 29.7 Å². The van der Waals surface area contributed by atoms with E-state index in [1.807, 2.05) is 30.6 Å². The van der Waals surface area contributed by atoms with E-state index in [9.17, 15) is 14.3 Å². The Bertz CT molecular complexity index is 438. The summed E-state index contributed by atoms with van der Waals surface area (Å²) < 4.78 is 27.2. The third-order valence-electron chi connectivity index (χ3n) is 2.02. The summed E-state index contributed by atoms with van der Waals surface area (Å²) in [4.78, 5) is 19.8. The second-order valence-corrected chi connectivity index (χ2v) is 5.04. The first-order chi connectivity index (χ1) is 8.99. The van der Waals surface area contributed by atoms with Gasteiger partial charge in [0.2, 0.25) is 0 Å². The molecule has 0 radical (unpaired) electrons. The normalized spacial score (nSPS) is 13.8. The fourth-order valence-corrected chi connectivity index (χ4v) is 1.91. The molecule has 0 saturated heterocycles. The standard InChI is InChI=1S/C11H16NO6P/c1-11(13)16-9-10-18-19(14,15)17-8-7-12-5-3-2-4-6-12/h2-6H,7-10H2,1H3/p+1. The van der Waals surface area contributed by atoms with Crippen molar-refractivity contribution in [3.63, 3.8) is 0 Å². The lowest BCUT2D eigenvalue weighted by atomic mass is 10.5. The van der Waals surface area contributed by atoms with Crippen LogP contribution in [0.3, 0.4) is 0 Å². The Morgan fingerprint density at radius 1 is 1.16 bits per heavy atom. The van der Waals surface area contributed by atoms with Crippen LogP contribution in [-0.4, -0.2) is 30.7 Å². The third-order valence-corrected chi connectivity index (χ3v) is 3.04. The molecule has 0 aliphatic rings. The number of pyridine rings is 1. The highest BCUT2D eigenvalue weighted by Gasteiger charge is 2.21. The molecule has 0 spiro atoms. The number of ether oxygens (including phenoxy) is 1. The number of aromatic nitrogens is 1. The van der Waals surface area contributed by atoms with Gasteiger partial charge in [0.15, 0.2) is 18.9 Å². The minimum absolute atomic E-state index is 0.0377. The summed E-state index contributed by atoms with van der Waals surface area (Å²) in [5.74, 6) is -0.474. The van der Waals surface area contributed by atoms with Crippen LogP contribution >= 0.6 is 7.82 Å². The van der Waals surface area contributed by atoms with E-state index in [2.05, 4.69) is 9.26 Å². The van der Waals surface area contributed by atoms with Crippen LogP contribution in [0, 0.1) is 0 Å². The molecule has 0 fully saturated rings. The molecule has 106 valence electrons. The number of phosphoric acid groups is 1. The zero-order chi connectivity index (χ0) is 14.1. The first-order valence-corrected chi connectivity index (χ1v) is 7.18. The molecule has 0 aliphatic carbocycles. The topological polar surface area (TPSA) is 85.9 Å². The fraction of sp³-hybridized carbons (Fsp3) is 0.455. The third kappa shape index (κ3) is 7.69. The highest BCUT2D eigenvalue weighted by Crippen LogP contribution is 2.42. The van der Waals surface area contributed by atoms with Gasteiger partial charge in [-0.2, -0.15) is 0 Å². The predicted octanol–water partition coefficient (Wildman–Crippen LogP) is 0.671. The monoisotopic (exact) mass is 290 g/mol. The predicted molar refractivity (Wildman–Crippen MR) is 65.0 cm³/mol. The van der Waals surface area contributed by atoms with Gasteiger partial charge >= 0.3 is 13.8 Å². The number of hydrogen-bond donors (Lipinski definition) is 1. The van der Waals surface area contributed by atoms with Crippen molar-refractivity contribution >= 4 is 13.8 Å². The minimum Gasteiger partial charge on any atom is -0.463 e. The number of hydrogen-bond acceptors (Lipinski definition) is 5. The first-order valence-electron chi connectivity index (χ1n) is 5.69. The summed E-state index contributed by atoms with van der Waals surface area (Å²) in [6.45, 7) is 1.43. The van der Waals surface area contributed by atoms with Gasteiger partial charge in [0.05, 0.1) is 6.61 Å². The lowest BCUT2D eigenvalue weighted by Crippen LogP contribution is -2.34. The van der Waals surface area contributed by atoms with Crippen molar-refractivity contribution in [1.82, 2.24) is 0 Å². The summed E-state index contributed by atoms with van der Waals surface area (Å²) in [5, 5.41) is 0. The van der Waals surface area contributed by atoms with Crippen LogP contribution in [0.4, 0.5) is 0 Å². The molecule has 1 unspecified atom stereocenters. The molecule has 1 N–H and O–H groups in total. The van der Waals surface area contributed by atoms with E-state index < -0.39 is 13.8 Å². The smallest absolute Gasteiger partial charge is 0.463 e. The average Bonchev–Trinajstić information content (AvgIpc) is 2.36. The Balaban J connectivity index is 2.19. The highest BCUT2D eigenvalue weighted by molar-refractivity contribution is 7.47. The molecule has 1 aromatic rings. The van der Waals surface area contributed by atoms with Gasteiger partial charge in [0.25, 0.3) is 0 Å². The van der Waals surface area contributed by atoms with E-state index in [1.165, 1.54) is 6.92 Å². The van der Waals surface area contributed by atoms with Crippen molar-refractivity contribution in [1.29, 1.82) is 0 Å². The first kappa shape index (κ1) is 15.8. The van der Waals surface area contributed by atoms with Gasteiger partial charge in [-0.05, 0) is 0 Å². The van der Waals surface area contributed by atoms with Crippen LogP contribution in [0.1, 0.15) is 6.92 Å². The molecule has 0 amide bonds. The second-order valence-electron chi connectivity index (χ2n) is 3.59. The summed E-state index contributed by atoms with van der Waals surface area (Å²) in [6.07, 6.45) is 3.63. The van der Waals surface area contributed by atoms with E-state index in [4.69, 9.17) is 4.52 Å². The molecule has 8 heteroatoms. The van der Waals surface area contributed by atoms with Crippen molar-refractivity contribution in [2.24, 2.45) is 0 Å². The molecule has 0 bridgehead atoms. The minimum atomic E-state index is -4.09. The summed E-state index contributed by atoms with van der Waals surface area (Å²) in [7, 11) is -4.09. The fourth-order valence-electron chi connectivity index (χ4n) is 1.22. The summed E-state index contributed by atoms with van der Waals surface area (Å²) in [5.41, 5.74) is 0. The largest absolute Gasteiger partial charge is 0.472 e. The van der Waals surface area contributed by atoms with E-state index in [-0.39, 0.29) is 19.8 Å². The second kappa shape index (κ2) is 8.01. The van der Waals surface area contributed by atoms with E-state index in [0.717, 1.165) is 0 Å². The summed E-state index contributed by atoms with van der Waals surface area (Å²) >= 11 is 0. The van der Waals surface area contributed by atoms with Crippen LogP contribution in [0.15, 0.2) is 30.6 Å². The molecule has 1 atom stereocenters. The number of rotatable bonds is 8. The maximum Gasteiger partial charge on any atom is 0.472 e. The number of phosphoric ester groups is 1. The lowest BCUT2D eigenvalue weighted by Gasteiger charge is -2.10. The Hall–Kier alpha value is -1.27. The Labute approximate surface area is 111 Å². The average molecular weight is 290 g/mol. The zero-order valence-corrected chi connectivity index (χ0v) is 11.5. The van der Waals surface area contributed by atoms with Gasteiger partial charge < -0.3 is 9.63 Å². The molecule has 7 nitrogen and oxygen atoms in total. The number of nitrogens with zero attached hydrogens (tertiary/aromatic N) is 1. The molecule has 1 rings (SSSR count). The van der Waals surface area contributed by atoms with E-state index >= 15 is 0 Å². The van der Waals surface area contributed by atoms with Gasteiger partial charge in [-0.15, -0.1) is 0 Å². The highest BCUT2D eigenvalue weighted by atomic mass is 31.2. The van der Waals surface area contributed by atoms with E-state index in [0.29, 0.717) is 6.54 Å². The van der Waals surface area contributed by atoms with Crippen molar-refractivity contribution in [2.45, 2.75) is 13.5 Å². The van der Waals surface area contributed by atoms with Crippen molar-refractivity contribution in [3.8, 4) is 0 Å². The van der Waals surface area contributed by atoms with Crippen molar-refractivity contribution in [3.05, 3.63) is 30.6 Å². The zero-order valence-electron chi connectivity index (χ0n) is 10.6. The SMILES string of the molecule is CC(=O)OCCOP(=O)(O)OCC[n+]1ccccc1. The van der Waals surface area contributed by atoms with Crippen molar-refractivity contribution < 1.29 is 32.6 Å². The molecular formula is C11H17NO6P+. The van der Waals surface area contributed by atoms with Crippen molar-refractivity contribution in [2.75, 3.05) is 19.8 Å². The number of carbonyl (C=O) groups is 1. The number of carbonyl (C=O) groups excluding carboxylic acids is 1. The molecule has 0 aromatic carbocycles. The van der Waals surface area contributed by atoms with Gasteiger partial charge in [-0.3, -0.25) is 13.8 Å². The van der Waals surface area contributed by atoms with Crippen LogP contribution in [0.25, 0.3) is 0 Å². The van der Waals surface area contributed by atoms with Crippen LogP contribution in [0.5, 0.6) is 0 Å². The molecule has 1 heterocycles. The number of esters is 1. The van der Waals surface area contributed by atoms with E-state index in [1.54, 1.807) is 4.57 Å². The Morgan fingerprint density at radius 2 is 1.79 bits per heavy atom. The molecule has 0 saturated carbocycles. The van der Waals surface area contributed by atoms with Crippen LogP contribution < -0.4 is 4.57 Å². The molecule has 1 aromatic heterocycles. The van der Waals surface area contributed by atoms with Crippen LogP contribution in [0.2, 0.25) is 0 Å². The lowest BCUT2D eigenvalue weighted by molar-refractivity contribution is -0.697. The van der Waals surface area contributed by atoms with Gasteiger partial charge in [0.1, 0.15) is 13.2 Å². The van der Waals surface area contributed by atoms with Gasteiger partial charge in [0, 0.05) is 19.1 Å². The van der Waals surface area contributed by atoms with Gasteiger partial charge in [-0.1, -0.05) is 6.07 Å².